The number of likely N-dealkylation sites (tertiary alicyclic amines) is 4. The monoisotopic (exact) mass is 1720 g/mol. The molecule has 4 saturated heterocycles. The molecule has 23 nitrogen and oxygen atoms in total. The third-order valence-corrected chi connectivity index (χ3v) is 25.7. The van der Waals surface area contributed by atoms with Gasteiger partial charge in [-0.05, 0) is 221 Å². The Balaban J connectivity index is 0.000000129. The number of methoxy groups -OCH3 is 3. The van der Waals surface area contributed by atoms with E-state index in [-0.39, 0.29) is 46.7 Å². The van der Waals surface area contributed by atoms with E-state index in [2.05, 4.69) is 113 Å². The normalized spacial score (nSPS) is 17.5. The van der Waals surface area contributed by atoms with Gasteiger partial charge in [0.25, 0.3) is 0 Å². The fourth-order valence-electron chi connectivity index (χ4n) is 18.7. The summed E-state index contributed by atoms with van der Waals surface area (Å²) in [5.74, 6) is 4.18. The van der Waals surface area contributed by atoms with E-state index in [0.717, 1.165) is 242 Å². The lowest BCUT2D eigenvalue weighted by Crippen LogP contribution is -2.42. The zero-order valence-corrected chi connectivity index (χ0v) is 73.1. The van der Waals surface area contributed by atoms with Crippen molar-refractivity contribution in [2.45, 2.75) is 149 Å². The van der Waals surface area contributed by atoms with Crippen molar-refractivity contribution in [3.05, 3.63) is 275 Å². The summed E-state index contributed by atoms with van der Waals surface area (Å²) in [6.07, 6.45) is 9.54. The van der Waals surface area contributed by atoms with Crippen LogP contribution in [0.25, 0.3) is 22.3 Å². The molecule has 126 heavy (non-hydrogen) atoms. The smallest absolute Gasteiger partial charge is 0.310 e. The number of carbonyl (C=O) groups excluding carboxylic acids is 1. The van der Waals surface area contributed by atoms with E-state index in [4.69, 9.17) is 38.0 Å². The number of benzene rings is 8. The van der Waals surface area contributed by atoms with Crippen LogP contribution in [-0.2, 0) is 46.8 Å². The number of aliphatic hydroxyl groups excluding tert-OH is 1. The number of tetrazole rings is 2. The van der Waals surface area contributed by atoms with Gasteiger partial charge in [0.05, 0.1) is 33.4 Å². The van der Waals surface area contributed by atoms with E-state index >= 15 is 0 Å². The number of para-hydroxylation sites is 1. The number of ether oxygens (including phenoxy) is 7. The molecule has 8 aromatic carbocycles. The lowest BCUT2D eigenvalue weighted by Gasteiger charge is -2.35. The van der Waals surface area contributed by atoms with Crippen molar-refractivity contribution >= 4 is 35.1 Å². The number of hydrogen-bond acceptors (Lipinski definition) is 20. The van der Waals surface area contributed by atoms with Crippen LogP contribution in [0.1, 0.15) is 183 Å². The molecule has 10 heterocycles. The summed E-state index contributed by atoms with van der Waals surface area (Å²) < 4.78 is 96.7. The molecule has 4 N–H and O–H groups in total. The molecule has 9 aliphatic rings. The molecule has 0 spiro atoms. The number of halogens is 4. The van der Waals surface area contributed by atoms with Gasteiger partial charge in [0, 0.05) is 146 Å². The third-order valence-electron chi connectivity index (χ3n) is 25.7. The SMILES string of the molecule is C=O.CC(CO)N1CCC(=C2c3ccc(F)cc3COc3ccccc32)CC1.COc1ccc2c(c1)COc1cc(F)c(OC)cc1C2=C1CCN(CC(C)(C)c2nn[nH]n2)CC1.COc1ccc2c(c1)COc1cc(F)ccc1C2=C1CCN(CC2(c3nn[nH]n3)CC2)CC1.Cc1ccc2c(c1)C(=C1CCN(CC(C)(C)C(=O)O)CC1)c1ccc(F)cc1CO2. The van der Waals surface area contributed by atoms with Crippen LogP contribution in [0.2, 0.25) is 0 Å². The minimum absolute atomic E-state index is 0.0566. The number of aryl methyl sites for hydroxylation is 1. The minimum Gasteiger partial charge on any atom is -0.497 e. The number of hydrogen-bond donors (Lipinski definition) is 4. The lowest BCUT2D eigenvalue weighted by atomic mass is 9.85. The molecule has 1 atom stereocenters. The Bertz CT molecular complexity index is 5710. The van der Waals surface area contributed by atoms with Gasteiger partial charge in [-0.1, -0.05) is 101 Å². The summed E-state index contributed by atoms with van der Waals surface area (Å²) in [4.78, 5) is 29.0. The first-order valence-corrected chi connectivity index (χ1v) is 43.2. The maximum absolute atomic E-state index is 14.6. The minimum atomic E-state index is -0.770. The van der Waals surface area contributed by atoms with Crippen molar-refractivity contribution < 1.29 is 70.5 Å². The zero-order chi connectivity index (χ0) is 88.6. The van der Waals surface area contributed by atoms with E-state index in [1.807, 2.05) is 79.6 Å². The molecule has 2 aromatic heterocycles. The Labute approximate surface area is 732 Å². The summed E-state index contributed by atoms with van der Waals surface area (Å²) in [6, 6.07) is 44.7. The van der Waals surface area contributed by atoms with Gasteiger partial charge >= 0.3 is 5.97 Å². The Kier molecular flexibility index (Phi) is 27.5. The molecule has 660 valence electrons. The predicted molar refractivity (Wildman–Crippen MR) is 472 cm³/mol. The number of carbonyl (C=O) groups is 2. The number of aromatic nitrogens is 8. The van der Waals surface area contributed by atoms with E-state index in [1.165, 1.54) is 70.9 Å². The van der Waals surface area contributed by atoms with Crippen molar-refractivity contribution in [1.29, 1.82) is 0 Å². The summed E-state index contributed by atoms with van der Waals surface area (Å²) in [5.41, 5.74) is 22.5. The standard InChI is InChI=1S/C26H30FN5O3.C25H26FN5O2.C25H28FNO3.C22H24FNO2.CH2O/c1-26(2,25-28-30-31-29-25)15-32-9-7-16(8-10-32)24-19-6-5-18(33-3)11-17(19)14-35-22-13-21(27)23(34-4)12-20(22)24;1-32-19-3-5-20-17(12-19)14-33-22-13-18(26)2-4-21(22)23(20)16-6-10-31(11-7-16)15-25(8-9-25)24-27-29-30-28-24;1-16-4-7-22-21(12-16)23(20-6-5-19(26)13-18(20)14-30-22)17-8-10-27(11-9-17)15-25(2,3)24(28)29;1-15(13-25)24-10-8-16(9-11-24)22-19-7-6-18(23)12-17(19)14-26-21-5-3-2-4-20(21)22;1-2/h5-6,11-13H,7-10,14-15H2,1-4H3,(H,28,29,30,31);2-5,12-13H,6-11,14-15H2,1H3,(H,27,28,29,30);4-7,12-13H,8-11,14-15H2,1-3H3,(H,28,29);2-7,12,15,25H,8-11,13-14H2,1H3;1H2. The quantitative estimate of drug-likeness (QED) is 0.0737. The van der Waals surface area contributed by atoms with Crippen molar-refractivity contribution in [3.63, 3.8) is 0 Å². The average molecular weight is 1720 g/mol. The molecule has 1 unspecified atom stereocenters. The molecule has 5 fully saturated rings. The van der Waals surface area contributed by atoms with Crippen molar-refractivity contribution in [2.75, 3.05) is 99.9 Å². The number of carboxylic acid groups (broad SMARTS) is 1. The maximum atomic E-state index is 14.6. The van der Waals surface area contributed by atoms with Crippen LogP contribution in [0.15, 0.2) is 168 Å². The van der Waals surface area contributed by atoms with Gasteiger partial charge < -0.3 is 62.9 Å². The number of nitrogens with one attached hydrogen (secondary N) is 2. The first kappa shape index (κ1) is 89.0. The number of fused-ring (bicyclic) bond motifs is 8. The summed E-state index contributed by atoms with van der Waals surface area (Å²) in [7, 11) is 4.80. The number of aliphatic carboxylic acids is 1. The number of nitrogens with zero attached hydrogens (tertiary/aromatic N) is 10. The number of aliphatic hydroxyl groups is 1. The first-order valence-electron chi connectivity index (χ1n) is 43.2. The molecule has 10 aromatic rings. The van der Waals surface area contributed by atoms with Crippen molar-refractivity contribution in [3.8, 4) is 40.2 Å². The molecule has 27 heteroatoms. The van der Waals surface area contributed by atoms with E-state index in [0.29, 0.717) is 50.3 Å². The van der Waals surface area contributed by atoms with E-state index in [9.17, 15) is 32.6 Å². The van der Waals surface area contributed by atoms with Gasteiger partial charge in [-0.25, -0.2) is 17.6 Å². The van der Waals surface area contributed by atoms with Crippen molar-refractivity contribution in [1.82, 2.24) is 60.8 Å². The molecule has 1 saturated carbocycles. The average Bonchev–Trinajstić information content (AvgIpc) is 1.57. The number of H-pyrrole nitrogens is 2. The molecular weight excluding hydrogens is 1610 g/mol. The molecule has 0 amide bonds. The van der Waals surface area contributed by atoms with Crippen LogP contribution in [0.3, 0.4) is 0 Å². The molecule has 19 rings (SSSR count). The van der Waals surface area contributed by atoms with Gasteiger partial charge in [0.1, 0.15) is 85.2 Å². The number of rotatable bonds is 14. The van der Waals surface area contributed by atoms with Gasteiger partial charge in [-0.15, -0.1) is 20.4 Å². The van der Waals surface area contributed by atoms with Crippen LogP contribution in [0.4, 0.5) is 17.6 Å². The largest absolute Gasteiger partial charge is 0.497 e. The van der Waals surface area contributed by atoms with Crippen LogP contribution >= 0.6 is 0 Å². The van der Waals surface area contributed by atoms with E-state index < -0.39 is 17.2 Å². The highest BCUT2D eigenvalue weighted by Crippen LogP contribution is 2.51. The summed E-state index contributed by atoms with van der Waals surface area (Å²) >= 11 is 0. The predicted octanol–water partition coefficient (Wildman–Crippen LogP) is 16.8. The van der Waals surface area contributed by atoms with Gasteiger partial charge in [-0.3, -0.25) is 9.69 Å². The highest BCUT2D eigenvalue weighted by Gasteiger charge is 2.49. The van der Waals surface area contributed by atoms with Crippen LogP contribution < -0.4 is 33.2 Å². The second-order valence-electron chi connectivity index (χ2n) is 35.1. The highest BCUT2D eigenvalue weighted by atomic mass is 19.1. The molecule has 1 aliphatic carbocycles. The molecular formula is C99H110F4N12O11. The van der Waals surface area contributed by atoms with Crippen LogP contribution in [0, 0.1) is 35.6 Å². The second-order valence-corrected chi connectivity index (χ2v) is 35.1. The van der Waals surface area contributed by atoms with Crippen LogP contribution in [0.5, 0.6) is 40.2 Å². The Hall–Kier alpha value is -11.9. The number of piperidine rings is 4. The Morgan fingerprint density at radius 1 is 0.492 bits per heavy atom. The number of aromatic amines is 2. The molecule has 8 aliphatic heterocycles. The second kappa shape index (κ2) is 38.9. The topological polar surface area (TPSA) is 261 Å². The van der Waals surface area contributed by atoms with Gasteiger partial charge in [-0.2, -0.15) is 10.4 Å². The van der Waals surface area contributed by atoms with E-state index in [1.54, 1.807) is 46.3 Å². The van der Waals surface area contributed by atoms with Gasteiger partial charge in [0.15, 0.2) is 23.2 Å². The molecule has 0 radical (unpaired) electrons. The maximum Gasteiger partial charge on any atom is 0.310 e. The van der Waals surface area contributed by atoms with Crippen LogP contribution in [-0.4, -0.2) is 190 Å². The van der Waals surface area contributed by atoms with Gasteiger partial charge in [0.2, 0.25) is 0 Å². The summed E-state index contributed by atoms with van der Waals surface area (Å²) in [6.45, 7) is 25.2. The fourth-order valence-corrected chi connectivity index (χ4v) is 18.7. The zero-order valence-electron chi connectivity index (χ0n) is 73.1. The third kappa shape index (κ3) is 19.7. The molecule has 0 bridgehead atoms. The Morgan fingerprint density at radius 3 is 1.42 bits per heavy atom. The number of carboxylic acids is 1. The van der Waals surface area contributed by atoms with Crippen molar-refractivity contribution in [2.24, 2.45) is 5.41 Å². The summed E-state index contributed by atoms with van der Waals surface area (Å²) in [5, 5.41) is 48.4. The lowest BCUT2D eigenvalue weighted by molar-refractivity contribution is -0.148. The first-order chi connectivity index (χ1) is 61.0. The highest BCUT2D eigenvalue weighted by molar-refractivity contribution is 5.91. The fraction of sp³-hybridized carbons (Fsp3) is 0.394. The Morgan fingerprint density at radius 2 is 0.929 bits per heavy atom.